The van der Waals surface area contributed by atoms with Crippen LogP contribution in [0.3, 0.4) is 0 Å². The summed E-state index contributed by atoms with van der Waals surface area (Å²) in [5.41, 5.74) is 2.91. The first-order valence-corrected chi connectivity index (χ1v) is 12.5. The number of nitrogen functional groups attached to an aromatic ring is 1. The fourth-order valence-corrected chi connectivity index (χ4v) is 4.52. The van der Waals surface area contributed by atoms with Gasteiger partial charge >= 0.3 is 18.2 Å². The number of benzene rings is 1. The van der Waals surface area contributed by atoms with Gasteiger partial charge in [0.15, 0.2) is 5.78 Å². The molecule has 12 heteroatoms. The van der Waals surface area contributed by atoms with Gasteiger partial charge in [0.2, 0.25) is 6.04 Å². The molecule has 1 aliphatic heterocycles. The number of anilines is 1. The van der Waals surface area contributed by atoms with E-state index in [9.17, 15) is 27.6 Å². The van der Waals surface area contributed by atoms with Gasteiger partial charge in [-0.25, -0.2) is 9.59 Å². The number of esters is 1. The molecule has 2 N–H and O–H groups in total. The van der Waals surface area contributed by atoms with Crippen LogP contribution in [0.15, 0.2) is 15.5 Å². The van der Waals surface area contributed by atoms with Crippen LogP contribution in [0.4, 0.5) is 23.7 Å². The lowest BCUT2D eigenvalue weighted by molar-refractivity contribution is -0.148. The molecule has 1 fully saturated rings. The van der Waals surface area contributed by atoms with Gasteiger partial charge in [0.25, 0.3) is 0 Å². The van der Waals surface area contributed by atoms with E-state index in [0.29, 0.717) is 12.0 Å². The molecule has 2 rings (SSSR count). The molecule has 37 heavy (non-hydrogen) atoms. The first-order valence-electron chi connectivity index (χ1n) is 11.7. The summed E-state index contributed by atoms with van der Waals surface area (Å²) in [6.45, 7) is 11.5. The third-order valence-corrected chi connectivity index (χ3v) is 6.79. The van der Waals surface area contributed by atoms with Gasteiger partial charge in [0, 0.05) is 27.5 Å². The van der Waals surface area contributed by atoms with E-state index >= 15 is 0 Å². The summed E-state index contributed by atoms with van der Waals surface area (Å²) >= 11 is 3.06. The van der Waals surface area contributed by atoms with Crippen LogP contribution >= 0.6 is 15.9 Å². The van der Waals surface area contributed by atoms with Gasteiger partial charge in [0.1, 0.15) is 5.60 Å². The third kappa shape index (κ3) is 7.03. The van der Waals surface area contributed by atoms with Crippen molar-refractivity contribution in [2.24, 2.45) is 4.99 Å². The van der Waals surface area contributed by atoms with Crippen molar-refractivity contribution in [3.8, 4) is 0 Å². The van der Waals surface area contributed by atoms with Crippen molar-refractivity contribution < 1.29 is 37.0 Å². The fourth-order valence-electron chi connectivity index (χ4n) is 4.08. The number of Topliss-reactive ketones (excluding diaryl/α,β-unsaturated/α-hetero) is 1. The van der Waals surface area contributed by atoms with Crippen LogP contribution in [0.5, 0.6) is 0 Å². The van der Waals surface area contributed by atoms with Crippen molar-refractivity contribution in [3.05, 3.63) is 27.2 Å². The summed E-state index contributed by atoms with van der Waals surface area (Å²) in [4.78, 5) is 44.6. The predicted octanol–water partition coefficient (Wildman–Crippen LogP) is 5.46. The van der Waals surface area contributed by atoms with Crippen molar-refractivity contribution in [1.82, 2.24) is 4.90 Å². The van der Waals surface area contributed by atoms with Gasteiger partial charge in [-0.2, -0.15) is 13.2 Å². The molecule has 0 aliphatic carbocycles. The second-order valence-corrected chi connectivity index (χ2v) is 11.3. The molecule has 206 valence electrons. The summed E-state index contributed by atoms with van der Waals surface area (Å²) in [7, 11) is 0. The number of likely N-dealkylation sites (tertiary alicyclic amines) is 1. The highest BCUT2D eigenvalue weighted by Gasteiger charge is 2.50. The third-order valence-electron chi connectivity index (χ3n) is 5.96. The Hall–Kier alpha value is -2.63. The van der Waals surface area contributed by atoms with Gasteiger partial charge in [-0.3, -0.25) is 14.7 Å². The number of nitrogens with zero attached hydrogens (tertiary/aromatic N) is 2. The molecule has 0 bridgehead atoms. The van der Waals surface area contributed by atoms with E-state index in [1.165, 1.54) is 18.7 Å². The first kappa shape index (κ1) is 30.6. The van der Waals surface area contributed by atoms with E-state index in [-0.39, 0.29) is 23.2 Å². The number of aliphatic imine (C=N–C) groups is 1. The second-order valence-electron chi connectivity index (χ2n) is 10.4. The maximum absolute atomic E-state index is 13.8. The Balaban J connectivity index is 2.56. The van der Waals surface area contributed by atoms with Gasteiger partial charge in [-0.1, -0.05) is 15.9 Å². The molecule has 0 radical (unpaired) electrons. The van der Waals surface area contributed by atoms with E-state index in [1.807, 2.05) is 0 Å². The normalized spacial score (nSPS) is 18.7. The average molecular weight is 592 g/mol. The van der Waals surface area contributed by atoms with Crippen molar-refractivity contribution in [1.29, 1.82) is 0 Å². The van der Waals surface area contributed by atoms with Crippen LogP contribution in [-0.2, 0) is 25.2 Å². The molecule has 2 atom stereocenters. The largest absolute Gasteiger partial charge is 0.464 e. The molecule has 1 heterocycles. The number of hydrogen-bond donors (Lipinski definition) is 1. The Morgan fingerprint density at radius 1 is 1.30 bits per heavy atom. The minimum absolute atomic E-state index is 0.0859. The molecule has 0 aromatic heterocycles. The zero-order valence-corrected chi connectivity index (χ0v) is 23.5. The lowest BCUT2D eigenvalue weighted by atomic mass is 10.0. The smallest absolute Gasteiger partial charge is 0.417 e. The zero-order valence-electron chi connectivity index (χ0n) is 22.0. The Kier molecular flexibility index (Phi) is 9.10. The maximum Gasteiger partial charge on any atom is 0.417 e. The Bertz CT molecular complexity index is 1100. The number of nitrogens with two attached hydrogens (primary N) is 1. The topological polar surface area (TPSA) is 111 Å². The predicted molar refractivity (Wildman–Crippen MR) is 136 cm³/mol. The summed E-state index contributed by atoms with van der Waals surface area (Å²) in [6.07, 6.45) is -4.11. The molecule has 1 aromatic rings. The molecule has 1 amide bonds. The van der Waals surface area contributed by atoms with E-state index in [1.54, 1.807) is 34.6 Å². The monoisotopic (exact) mass is 591 g/mol. The quantitative estimate of drug-likeness (QED) is 0.203. The summed E-state index contributed by atoms with van der Waals surface area (Å²) < 4.78 is 51.9. The van der Waals surface area contributed by atoms with Gasteiger partial charge in [-0.15, -0.1) is 0 Å². The van der Waals surface area contributed by atoms with E-state index in [2.05, 4.69) is 20.9 Å². The standard InChI is InChI=1S/C25H33BrF3N3O5/c1-8-36-21(34)19(31-12-14-15(25(27,28)29)11-16(26)13(2)18(14)30)20(33)17-9-10-24(6,7)32(17)22(35)37-23(3,4)5/h11-12,17,19H,8-10,30H2,1-7H3/t17-,19?/m0/s1. The summed E-state index contributed by atoms with van der Waals surface area (Å²) in [6, 6.07) is -2.05. The Labute approximate surface area is 222 Å². The number of ether oxygens (including phenoxy) is 2. The first-order chi connectivity index (χ1) is 16.8. The average Bonchev–Trinajstić information content (AvgIpc) is 3.06. The number of rotatable bonds is 6. The molecular weight excluding hydrogens is 559 g/mol. The summed E-state index contributed by atoms with van der Waals surface area (Å²) in [5, 5.41) is 0. The zero-order chi connectivity index (χ0) is 28.5. The molecule has 8 nitrogen and oxygen atoms in total. The summed E-state index contributed by atoms with van der Waals surface area (Å²) in [5.74, 6) is -1.83. The van der Waals surface area contributed by atoms with Crippen molar-refractivity contribution >= 4 is 45.7 Å². The highest BCUT2D eigenvalue weighted by molar-refractivity contribution is 9.10. The molecule has 1 aromatic carbocycles. The lowest BCUT2D eigenvalue weighted by Gasteiger charge is -2.36. The Morgan fingerprint density at radius 3 is 2.41 bits per heavy atom. The Morgan fingerprint density at radius 2 is 1.89 bits per heavy atom. The van der Waals surface area contributed by atoms with E-state index in [0.717, 1.165) is 12.3 Å². The number of halogens is 4. The molecule has 1 aliphatic rings. The minimum atomic E-state index is -4.78. The number of alkyl halides is 3. The van der Waals surface area contributed by atoms with Crippen LogP contribution < -0.4 is 5.73 Å². The maximum atomic E-state index is 13.8. The SMILES string of the molecule is CCOC(=O)C(N=Cc1c(C(F)(F)F)cc(Br)c(C)c1N)C(=O)[C@@H]1CCC(C)(C)N1C(=O)OC(C)(C)C. The van der Waals surface area contributed by atoms with Crippen molar-refractivity contribution in [2.45, 2.75) is 90.7 Å². The van der Waals surface area contributed by atoms with Crippen LogP contribution in [0.1, 0.15) is 71.1 Å². The fraction of sp³-hybridized carbons (Fsp3) is 0.600. The van der Waals surface area contributed by atoms with E-state index in [4.69, 9.17) is 15.2 Å². The number of carbonyl (C=O) groups excluding carboxylic acids is 3. The lowest BCUT2D eigenvalue weighted by Crippen LogP contribution is -2.54. The van der Waals surface area contributed by atoms with Crippen LogP contribution in [-0.4, -0.2) is 58.8 Å². The minimum Gasteiger partial charge on any atom is -0.464 e. The highest BCUT2D eigenvalue weighted by Crippen LogP contribution is 2.39. The number of carbonyl (C=O) groups is 3. The second kappa shape index (κ2) is 11.0. The van der Waals surface area contributed by atoms with Gasteiger partial charge < -0.3 is 15.2 Å². The van der Waals surface area contributed by atoms with Crippen molar-refractivity contribution in [2.75, 3.05) is 12.3 Å². The van der Waals surface area contributed by atoms with Gasteiger partial charge in [0.05, 0.1) is 18.2 Å². The van der Waals surface area contributed by atoms with E-state index < -0.39 is 58.4 Å². The highest BCUT2D eigenvalue weighted by atomic mass is 79.9. The number of amides is 1. The van der Waals surface area contributed by atoms with Crippen LogP contribution in [0.25, 0.3) is 0 Å². The van der Waals surface area contributed by atoms with Gasteiger partial charge in [-0.05, 0) is 72.9 Å². The van der Waals surface area contributed by atoms with Crippen LogP contribution in [0.2, 0.25) is 0 Å². The van der Waals surface area contributed by atoms with Crippen molar-refractivity contribution in [3.63, 3.8) is 0 Å². The molecular formula is C25H33BrF3N3O5. The molecule has 0 spiro atoms. The van der Waals surface area contributed by atoms with Crippen LogP contribution in [0, 0.1) is 6.92 Å². The number of ketones is 1. The number of hydrogen-bond acceptors (Lipinski definition) is 7. The molecule has 1 unspecified atom stereocenters. The molecule has 0 saturated carbocycles. The molecule has 1 saturated heterocycles.